The monoisotopic (exact) mass is 443 g/mol. The number of benzene rings is 1. The summed E-state index contributed by atoms with van der Waals surface area (Å²) in [5.74, 6) is 1.01. The molecule has 6 nitrogen and oxygen atoms in total. The van der Waals surface area contributed by atoms with E-state index in [2.05, 4.69) is 10.3 Å². The van der Waals surface area contributed by atoms with Crippen LogP contribution in [-0.2, 0) is 0 Å². The number of pyridine rings is 1. The maximum Gasteiger partial charge on any atom is 0.406 e. The Bertz CT molecular complexity index is 1040. The second-order valence-corrected chi connectivity index (χ2v) is 9.50. The summed E-state index contributed by atoms with van der Waals surface area (Å²) in [6, 6.07) is 10.3. The van der Waals surface area contributed by atoms with E-state index in [9.17, 15) is 18.4 Å². The van der Waals surface area contributed by atoms with Gasteiger partial charge in [0, 0.05) is 22.7 Å². The van der Waals surface area contributed by atoms with Crippen molar-refractivity contribution in [2.45, 2.75) is 49.9 Å². The van der Waals surface area contributed by atoms with E-state index in [1.54, 1.807) is 24.3 Å². The lowest BCUT2D eigenvalue weighted by molar-refractivity contribution is -0.153. The first-order chi connectivity index (χ1) is 15.2. The zero-order valence-electron chi connectivity index (χ0n) is 17.5. The fourth-order valence-corrected chi connectivity index (χ4v) is 4.93. The third kappa shape index (κ3) is 4.19. The Balaban J connectivity index is 1.34. The summed E-state index contributed by atoms with van der Waals surface area (Å²) in [4.78, 5) is 5.34. The van der Waals surface area contributed by atoms with Crippen molar-refractivity contribution in [3.63, 3.8) is 0 Å². The van der Waals surface area contributed by atoms with E-state index in [-0.39, 0.29) is 28.2 Å². The fraction of sp³-hybridized carbons (Fsp3) is 0.478. The highest BCUT2D eigenvalue weighted by molar-refractivity contribution is 5.68. The number of hydrogen-bond acceptors (Lipinski definition) is 6. The van der Waals surface area contributed by atoms with Crippen molar-refractivity contribution in [1.82, 2.24) is 4.98 Å². The molecule has 0 atom stereocenters. The van der Waals surface area contributed by atoms with Crippen LogP contribution in [0.25, 0.3) is 0 Å². The largest absolute Gasteiger partial charge is 0.493 e. The first-order valence-corrected chi connectivity index (χ1v) is 10.7. The van der Waals surface area contributed by atoms with Crippen LogP contribution in [0.2, 0.25) is 0 Å². The minimum atomic E-state index is -4.44. The van der Waals surface area contributed by atoms with Crippen LogP contribution in [0.4, 0.5) is 30.4 Å². The average molecular weight is 443 g/mol. The van der Waals surface area contributed by atoms with Crippen LogP contribution in [0.1, 0.15) is 37.7 Å². The summed E-state index contributed by atoms with van der Waals surface area (Å²) >= 11 is 0. The Morgan fingerprint density at radius 1 is 1.19 bits per heavy atom. The number of nitrogens with two attached hydrogens (primary N) is 1. The summed E-state index contributed by atoms with van der Waals surface area (Å²) in [7, 11) is 0. The van der Waals surface area contributed by atoms with Gasteiger partial charge in [-0.2, -0.15) is 18.4 Å². The molecule has 0 saturated heterocycles. The van der Waals surface area contributed by atoms with Gasteiger partial charge < -0.3 is 20.7 Å². The zero-order chi connectivity index (χ0) is 22.6. The topological polar surface area (TPSA) is 87.2 Å². The van der Waals surface area contributed by atoms with Gasteiger partial charge in [-0.25, -0.2) is 4.98 Å². The Morgan fingerprint density at radius 3 is 2.44 bits per heavy atom. The minimum Gasteiger partial charge on any atom is -0.493 e. The van der Waals surface area contributed by atoms with E-state index in [0.717, 1.165) is 37.0 Å². The van der Waals surface area contributed by atoms with Gasteiger partial charge in [0.05, 0.1) is 24.1 Å². The van der Waals surface area contributed by atoms with Crippen LogP contribution < -0.4 is 20.7 Å². The van der Waals surface area contributed by atoms with Crippen LogP contribution >= 0.6 is 0 Å². The molecule has 1 heterocycles. The molecule has 9 heteroatoms. The molecule has 0 spiro atoms. The molecule has 0 unspecified atom stereocenters. The highest BCUT2D eigenvalue weighted by Gasteiger charge is 2.66. The predicted octanol–water partition coefficient (Wildman–Crippen LogP) is 4.49. The third-order valence-electron chi connectivity index (χ3n) is 6.44. The summed E-state index contributed by atoms with van der Waals surface area (Å²) in [5, 5.41) is 12.6. The van der Waals surface area contributed by atoms with Gasteiger partial charge in [0.2, 0.25) is 0 Å². The third-order valence-corrected chi connectivity index (χ3v) is 6.44. The molecule has 4 fully saturated rings. The lowest BCUT2D eigenvalue weighted by Crippen LogP contribution is -2.73. The molecule has 2 aromatic rings. The van der Waals surface area contributed by atoms with E-state index in [4.69, 9.17) is 10.5 Å². The molecule has 3 N–H and O–H groups in total. The number of nitrogens with zero attached hydrogens (tertiary/aromatic N) is 3. The second kappa shape index (κ2) is 7.27. The quantitative estimate of drug-likeness (QED) is 0.625. The molecule has 4 aliphatic carbocycles. The average Bonchev–Trinajstić information content (AvgIpc) is 3.52. The molecule has 1 aromatic heterocycles. The van der Waals surface area contributed by atoms with Crippen LogP contribution in [0, 0.1) is 16.7 Å². The van der Waals surface area contributed by atoms with Gasteiger partial charge in [-0.1, -0.05) is 0 Å². The molecule has 4 aliphatic rings. The summed E-state index contributed by atoms with van der Waals surface area (Å²) in [5.41, 5.74) is 7.02. The van der Waals surface area contributed by atoms with Gasteiger partial charge in [0.1, 0.15) is 24.2 Å². The van der Waals surface area contributed by atoms with Crippen molar-refractivity contribution in [2.75, 3.05) is 23.4 Å². The fourth-order valence-electron chi connectivity index (χ4n) is 4.93. The number of alkyl halides is 3. The van der Waals surface area contributed by atoms with Gasteiger partial charge in [0.25, 0.3) is 0 Å². The van der Waals surface area contributed by atoms with Crippen molar-refractivity contribution in [3.8, 4) is 11.8 Å². The van der Waals surface area contributed by atoms with Crippen molar-refractivity contribution >= 4 is 17.2 Å². The van der Waals surface area contributed by atoms with E-state index in [1.165, 1.54) is 12.3 Å². The molecular formula is C23H24F3N5O. The first-order valence-electron chi connectivity index (χ1n) is 10.7. The number of nitriles is 1. The summed E-state index contributed by atoms with van der Waals surface area (Å²) in [6.07, 6.45) is 1.84. The first kappa shape index (κ1) is 20.9. The van der Waals surface area contributed by atoms with E-state index in [0.29, 0.717) is 23.9 Å². The normalized spacial score (nSPS) is 25.8. The molecule has 1 aromatic carbocycles. The van der Waals surface area contributed by atoms with Gasteiger partial charge >= 0.3 is 6.18 Å². The predicted molar refractivity (Wildman–Crippen MR) is 114 cm³/mol. The highest BCUT2D eigenvalue weighted by Crippen LogP contribution is 2.65. The smallest absolute Gasteiger partial charge is 0.406 e. The van der Waals surface area contributed by atoms with Crippen molar-refractivity contribution < 1.29 is 17.9 Å². The molecule has 168 valence electrons. The molecule has 0 aliphatic heterocycles. The van der Waals surface area contributed by atoms with E-state index in [1.807, 2.05) is 6.07 Å². The van der Waals surface area contributed by atoms with Crippen molar-refractivity contribution in [1.29, 1.82) is 5.26 Å². The van der Waals surface area contributed by atoms with Crippen molar-refractivity contribution in [2.24, 2.45) is 11.1 Å². The number of halogens is 3. The van der Waals surface area contributed by atoms with Crippen LogP contribution in [-0.4, -0.2) is 35.9 Å². The number of rotatable bonds is 8. The Labute approximate surface area is 184 Å². The zero-order valence-corrected chi connectivity index (χ0v) is 17.5. The van der Waals surface area contributed by atoms with Crippen molar-refractivity contribution in [3.05, 3.63) is 42.1 Å². The number of anilines is 3. The molecule has 4 saturated carbocycles. The molecule has 32 heavy (non-hydrogen) atoms. The van der Waals surface area contributed by atoms with Gasteiger partial charge in [-0.05, 0) is 62.4 Å². The maximum absolute atomic E-state index is 13.4. The summed E-state index contributed by atoms with van der Waals surface area (Å²) < 4.78 is 45.9. The molecule has 0 amide bonds. The summed E-state index contributed by atoms with van der Waals surface area (Å²) in [6.45, 7) is -0.626. The number of ether oxygens (including phenoxy) is 1. The minimum absolute atomic E-state index is 0.00531. The van der Waals surface area contributed by atoms with Gasteiger partial charge in [0.15, 0.2) is 0 Å². The van der Waals surface area contributed by atoms with Gasteiger partial charge in [-0.15, -0.1) is 0 Å². The Kier molecular flexibility index (Phi) is 4.75. The lowest BCUT2D eigenvalue weighted by Gasteiger charge is -2.68. The molecular weight excluding hydrogens is 419 g/mol. The molecule has 2 bridgehead atoms. The standard InChI is InChI=1S/C23H24F3N5O/c24-23(25,26)13-31(18-7-15(8-27)20(29-9-18)30-16-1-2-16)17-3-5-19(6-4-17)32-14-21-10-22(28,11-21)12-21/h3-7,9,16H,1-2,10-14,28H2,(H,29,30). The molecule has 0 radical (unpaired) electrons. The number of aromatic nitrogens is 1. The van der Waals surface area contributed by atoms with Crippen LogP contribution in [0.3, 0.4) is 0 Å². The highest BCUT2D eigenvalue weighted by atomic mass is 19.4. The van der Waals surface area contributed by atoms with E-state index >= 15 is 0 Å². The van der Waals surface area contributed by atoms with Crippen LogP contribution in [0.15, 0.2) is 36.5 Å². The molecule has 6 rings (SSSR count). The maximum atomic E-state index is 13.4. The SMILES string of the molecule is N#Cc1cc(N(CC(F)(F)F)c2ccc(OCC34CC(N)(C3)C4)cc2)cnc1NC1CC1. The second-order valence-electron chi connectivity index (χ2n) is 9.50. The Morgan fingerprint density at radius 2 is 1.88 bits per heavy atom. The number of nitrogens with one attached hydrogen (secondary N) is 1. The Hall–Kier alpha value is -2.99. The van der Waals surface area contributed by atoms with E-state index < -0.39 is 12.7 Å². The van der Waals surface area contributed by atoms with Crippen LogP contribution in [0.5, 0.6) is 5.75 Å². The lowest BCUT2D eigenvalue weighted by atomic mass is 9.40. The number of hydrogen-bond donors (Lipinski definition) is 2. The van der Waals surface area contributed by atoms with Gasteiger partial charge in [-0.3, -0.25) is 0 Å².